The SMILES string of the molecule is COCCNC(=O)[C@]12COC[C@H]1CN(CC1CC1)C2. The summed E-state index contributed by atoms with van der Waals surface area (Å²) in [6.07, 6.45) is 2.73. The highest BCUT2D eigenvalue weighted by molar-refractivity contribution is 5.84. The van der Waals surface area contributed by atoms with Crippen LogP contribution in [-0.4, -0.2) is 63.9 Å². The van der Waals surface area contributed by atoms with Gasteiger partial charge >= 0.3 is 0 Å². The lowest BCUT2D eigenvalue weighted by Crippen LogP contribution is -2.47. The molecule has 3 fully saturated rings. The van der Waals surface area contributed by atoms with E-state index in [0.717, 1.165) is 25.6 Å². The molecule has 2 atom stereocenters. The lowest BCUT2D eigenvalue weighted by atomic mass is 9.80. The summed E-state index contributed by atoms with van der Waals surface area (Å²) < 4.78 is 10.6. The molecule has 1 N–H and O–H groups in total. The molecule has 0 bridgehead atoms. The van der Waals surface area contributed by atoms with Crippen LogP contribution in [-0.2, 0) is 14.3 Å². The van der Waals surface area contributed by atoms with Crippen molar-refractivity contribution in [3.05, 3.63) is 0 Å². The van der Waals surface area contributed by atoms with Crippen molar-refractivity contribution in [3.8, 4) is 0 Å². The predicted octanol–water partition coefficient (Wildman–Crippen LogP) is 0.107. The summed E-state index contributed by atoms with van der Waals surface area (Å²) in [5.74, 6) is 1.41. The molecule has 2 heterocycles. The highest BCUT2D eigenvalue weighted by Gasteiger charge is 2.55. The average Bonchev–Trinajstić information content (AvgIpc) is 2.98. The molecule has 19 heavy (non-hydrogen) atoms. The summed E-state index contributed by atoms with van der Waals surface area (Å²) in [5, 5.41) is 3.01. The molecule has 0 unspecified atom stereocenters. The van der Waals surface area contributed by atoms with E-state index < -0.39 is 0 Å². The molecule has 0 aromatic carbocycles. The van der Waals surface area contributed by atoms with Gasteiger partial charge in [0, 0.05) is 39.2 Å². The highest BCUT2D eigenvalue weighted by atomic mass is 16.5. The molecule has 108 valence electrons. The number of nitrogens with one attached hydrogen (secondary N) is 1. The number of hydrogen-bond acceptors (Lipinski definition) is 4. The Labute approximate surface area is 114 Å². The van der Waals surface area contributed by atoms with Crippen LogP contribution in [0, 0.1) is 17.3 Å². The van der Waals surface area contributed by atoms with Crippen molar-refractivity contribution in [2.75, 3.05) is 53.1 Å². The van der Waals surface area contributed by atoms with Gasteiger partial charge in [-0.3, -0.25) is 4.79 Å². The Morgan fingerprint density at radius 1 is 1.53 bits per heavy atom. The highest BCUT2D eigenvalue weighted by Crippen LogP contribution is 2.43. The normalized spacial score (nSPS) is 34.5. The zero-order valence-electron chi connectivity index (χ0n) is 11.7. The summed E-state index contributed by atoms with van der Waals surface area (Å²) in [4.78, 5) is 15.0. The van der Waals surface area contributed by atoms with Crippen LogP contribution in [0.3, 0.4) is 0 Å². The van der Waals surface area contributed by atoms with Gasteiger partial charge < -0.3 is 19.7 Å². The summed E-state index contributed by atoms with van der Waals surface area (Å²) in [5.41, 5.74) is -0.303. The molecule has 2 aliphatic heterocycles. The first-order valence-corrected chi connectivity index (χ1v) is 7.32. The number of amides is 1. The molecule has 2 saturated heterocycles. The van der Waals surface area contributed by atoms with Crippen molar-refractivity contribution in [2.45, 2.75) is 12.8 Å². The van der Waals surface area contributed by atoms with E-state index >= 15 is 0 Å². The Hall–Kier alpha value is -0.650. The lowest BCUT2D eigenvalue weighted by molar-refractivity contribution is -0.131. The zero-order chi connectivity index (χ0) is 13.3. The van der Waals surface area contributed by atoms with E-state index in [-0.39, 0.29) is 11.3 Å². The minimum Gasteiger partial charge on any atom is -0.383 e. The predicted molar refractivity (Wildman–Crippen MR) is 70.8 cm³/mol. The minimum absolute atomic E-state index is 0.158. The van der Waals surface area contributed by atoms with E-state index in [1.807, 2.05) is 0 Å². The molecule has 3 aliphatic rings. The second-order valence-electron chi connectivity index (χ2n) is 6.25. The van der Waals surface area contributed by atoms with Crippen molar-refractivity contribution in [3.63, 3.8) is 0 Å². The summed E-state index contributed by atoms with van der Waals surface area (Å²) >= 11 is 0. The van der Waals surface area contributed by atoms with Gasteiger partial charge in [0.1, 0.15) is 0 Å². The first-order valence-electron chi connectivity index (χ1n) is 7.32. The summed E-state index contributed by atoms with van der Waals surface area (Å²) in [6.45, 7) is 5.53. The standard InChI is InChI=1S/C14H24N2O3/c1-18-5-4-15-13(17)14-9-16(6-11-2-3-11)7-12(14)8-19-10-14/h11-12H,2-10H2,1H3,(H,15,17)/t12-,14-/m1/s1. The van der Waals surface area contributed by atoms with E-state index in [2.05, 4.69) is 10.2 Å². The third-order valence-electron chi connectivity index (χ3n) is 4.70. The molecule has 1 amide bonds. The summed E-state index contributed by atoms with van der Waals surface area (Å²) in [6, 6.07) is 0. The molecule has 3 rings (SSSR count). The molecule has 1 aliphatic carbocycles. The largest absolute Gasteiger partial charge is 0.383 e. The molecular weight excluding hydrogens is 244 g/mol. The van der Waals surface area contributed by atoms with Gasteiger partial charge in [0.25, 0.3) is 0 Å². The smallest absolute Gasteiger partial charge is 0.230 e. The van der Waals surface area contributed by atoms with Gasteiger partial charge in [-0.1, -0.05) is 0 Å². The third-order valence-corrected chi connectivity index (χ3v) is 4.70. The zero-order valence-corrected chi connectivity index (χ0v) is 11.7. The van der Waals surface area contributed by atoms with E-state index in [9.17, 15) is 4.79 Å². The van der Waals surface area contributed by atoms with Gasteiger partial charge in [0.2, 0.25) is 5.91 Å². The van der Waals surface area contributed by atoms with Gasteiger partial charge in [-0.2, -0.15) is 0 Å². The third kappa shape index (κ3) is 2.64. The Balaban J connectivity index is 1.60. The van der Waals surface area contributed by atoms with E-state index in [0.29, 0.717) is 25.7 Å². The maximum atomic E-state index is 12.5. The van der Waals surface area contributed by atoms with Gasteiger partial charge in [-0.15, -0.1) is 0 Å². The van der Waals surface area contributed by atoms with Crippen LogP contribution in [0.15, 0.2) is 0 Å². The number of ether oxygens (including phenoxy) is 2. The molecule has 0 spiro atoms. The fourth-order valence-corrected chi connectivity index (χ4v) is 3.41. The number of rotatable bonds is 6. The molecular formula is C14H24N2O3. The maximum absolute atomic E-state index is 12.5. The van der Waals surface area contributed by atoms with E-state index in [1.165, 1.54) is 19.4 Å². The molecule has 0 radical (unpaired) electrons. The maximum Gasteiger partial charge on any atom is 0.230 e. The van der Waals surface area contributed by atoms with Crippen LogP contribution in [0.5, 0.6) is 0 Å². The minimum atomic E-state index is -0.303. The fraction of sp³-hybridized carbons (Fsp3) is 0.929. The van der Waals surface area contributed by atoms with Crippen LogP contribution in [0.2, 0.25) is 0 Å². The molecule has 5 heteroatoms. The molecule has 0 aromatic heterocycles. The quantitative estimate of drug-likeness (QED) is 0.695. The number of carbonyl (C=O) groups excluding carboxylic acids is 1. The van der Waals surface area contributed by atoms with Crippen molar-refractivity contribution >= 4 is 5.91 Å². The van der Waals surface area contributed by atoms with Crippen LogP contribution in [0.25, 0.3) is 0 Å². The molecule has 0 aromatic rings. The number of nitrogens with zero attached hydrogens (tertiary/aromatic N) is 1. The Bertz CT molecular complexity index is 346. The topological polar surface area (TPSA) is 50.8 Å². The van der Waals surface area contributed by atoms with Crippen LogP contribution >= 0.6 is 0 Å². The van der Waals surface area contributed by atoms with E-state index in [4.69, 9.17) is 9.47 Å². The van der Waals surface area contributed by atoms with Crippen LogP contribution < -0.4 is 5.32 Å². The number of likely N-dealkylation sites (tertiary alicyclic amines) is 1. The van der Waals surface area contributed by atoms with Crippen molar-refractivity contribution in [1.82, 2.24) is 10.2 Å². The monoisotopic (exact) mass is 268 g/mol. The summed E-state index contributed by atoms with van der Waals surface area (Å²) in [7, 11) is 1.65. The van der Waals surface area contributed by atoms with Gasteiger partial charge in [-0.05, 0) is 18.8 Å². The second-order valence-corrected chi connectivity index (χ2v) is 6.25. The van der Waals surface area contributed by atoms with Crippen LogP contribution in [0.1, 0.15) is 12.8 Å². The fourth-order valence-electron chi connectivity index (χ4n) is 3.41. The van der Waals surface area contributed by atoms with Gasteiger partial charge in [-0.25, -0.2) is 0 Å². The van der Waals surface area contributed by atoms with Crippen molar-refractivity contribution in [2.24, 2.45) is 17.3 Å². The second kappa shape index (κ2) is 5.38. The van der Waals surface area contributed by atoms with Crippen molar-refractivity contribution < 1.29 is 14.3 Å². The van der Waals surface area contributed by atoms with Crippen LogP contribution in [0.4, 0.5) is 0 Å². The number of methoxy groups -OCH3 is 1. The Morgan fingerprint density at radius 2 is 2.37 bits per heavy atom. The van der Waals surface area contributed by atoms with E-state index in [1.54, 1.807) is 7.11 Å². The molecule has 1 saturated carbocycles. The number of hydrogen-bond donors (Lipinski definition) is 1. The first kappa shape index (κ1) is 13.3. The molecule has 5 nitrogen and oxygen atoms in total. The lowest BCUT2D eigenvalue weighted by Gasteiger charge is -2.26. The Morgan fingerprint density at radius 3 is 3.11 bits per heavy atom. The van der Waals surface area contributed by atoms with Gasteiger partial charge in [0.15, 0.2) is 0 Å². The van der Waals surface area contributed by atoms with Gasteiger partial charge in [0.05, 0.1) is 25.2 Å². The van der Waals surface area contributed by atoms with Crippen molar-refractivity contribution in [1.29, 1.82) is 0 Å². The number of carbonyl (C=O) groups is 1. The Kier molecular flexibility index (Phi) is 3.78. The average molecular weight is 268 g/mol. The first-order chi connectivity index (χ1) is 9.24. The number of fused-ring (bicyclic) bond motifs is 1.